The summed E-state index contributed by atoms with van der Waals surface area (Å²) in [5.74, 6) is 0.453. The highest BCUT2D eigenvalue weighted by atomic mass is 19.3. The molecule has 176 valence electrons. The summed E-state index contributed by atoms with van der Waals surface area (Å²) in [4.78, 5) is 22.0. The van der Waals surface area contributed by atoms with E-state index in [-0.39, 0.29) is 5.95 Å². The minimum atomic E-state index is -2.83. The summed E-state index contributed by atoms with van der Waals surface area (Å²) in [5, 5.41) is 0. The quantitative estimate of drug-likeness (QED) is 0.586. The molecule has 0 radical (unpaired) electrons. The van der Waals surface area contributed by atoms with Gasteiger partial charge in [0, 0.05) is 31.9 Å². The van der Waals surface area contributed by atoms with Crippen molar-refractivity contribution in [3.63, 3.8) is 0 Å². The van der Waals surface area contributed by atoms with Crippen molar-refractivity contribution in [1.29, 1.82) is 0 Å². The number of hydrogen-bond donors (Lipinski definition) is 1. The molecule has 0 unspecified atom stereocenters. The monoisotopic (exact) mass is 460 g/mol. The van der Waals surface area contributed by atoms with Crippen LogP contribution in [0.25, 0.3) is 17.0 Å². The van der Waals surface area contributed by atoms with Crippen molar-refractivity contribution in [2.75, 3.05) is 61.5 Å². The topological polar surface area (TPSA) is 107 Å². The van der Waals surface area contributed by atoms with Gasteiger partial charge in [0.2, 0.25) is 17.8 Å². The number of halogens is 2. The standard InChI is InChI=1S/C21H26F2N8O2/c1-21(2)12-30(7-10-33-21)19-26-18(29-5-8-32-9-6-29)27-20(28-19)31-15-11-13(24)3-4-14(15)25-17(31)16(22)23/h3-4,11,16H,5-10,12,24H2,1-2H3. The number of nitrogens with two attached hydrogens (primary N) is 1. The number of nitrogens with zero attached hydrogens (tertiary/aromatic N) is 7. The number of aromatic nitrogens is 5. The van der Waals surface area contributed by atoms with Crippen molar-refractivity contribution in [3.05, 3.63) is 24.0 Å². The van der Waals surface area contributed by atoms with Gasteiger partial charge in [-0.2, -0.15) is 15.0 Å². The van der Waals surface area contributed by atoms with Crippen LogP contribution in [0.1, 0.15) is 26.1 Å². The molecule has 0 atom stereocenters. The number of ether oxygens (including phenoxy) is 2. The van der Waals surface area contributed by atoms with E-state index in [0.717, 1.165) is 0 Å². The molecule has 2 aliphatic rings. The Kier molecular flexibility index (Phi) is 5.49. The number of imidazole rings is 1. The molecule has 4 heterocycles. The molecule has 2 saturated heterocycles. The van der Waals surface area contributed by atoms with Gasteiger partial charge in [-0.3, -0.25) is 4.57 Å². The summed E-state index contributed by atoms with van der Waals surface area (Å²) in [5.41, 5.74) is 6.80. The van der Waals surface area contributed by atoms with Gasteiger partial charge in [0.15, 0.2) is 5.82 Å². The average molecular weight is 460 g/mol. The van der Waals surface area contributed by atoms with E-state index >= 15 is 0 Å². The van der Waals surface area contributed by atoms with Gasteiger partial charge in [-0.15, -0.1) is 0 Å². The van der Waals surface area contributed by atoms with Crippen molar-refractivity contribution >= 4 is 28.6 Å². The average Bonchev–Trinajstić information content (AvgIpc) is 3.18. The molecular weight excluding hydrogens is 434 g/mol. The fourth-order valence-corrected chi connectivity index (χ4v) is 4.14. The van der Waals surface area contributed by atoms with Crippen LogP contribution >= 0.6 is 0 Å². The fourth-order valence-electron chi connectivity index (χ4n) is 4.14. The van der Waals surface area contributed by atoms with Crippen molar-refractivity contribution in [2.45, 2.75) is 25.9 Å². The third kappa shape index (κ3) is 4.27. The molecule has 1 aromatic carbocycles. The van der Waals surface area contributed by atoms with E-state index in [1.54, 1.807) is 18.2 Å². The molecule has 2 aliphatic heterocycles. The SMILES string of the molecule is CC1(C)CN(c2nc(N3CCOCC3)nc(-n3c(C(F)F)nc4ccc(N)cc43)n2)CCO1. The van der Waals surface area contributed by atoms with Crippen molar-refractivity contribution < 1.29 is 18.3 Å². The Bertz CT molecular complexity index is 1160. The molecule has 2 fully saturated rings. The normalized spacial score (nSPS) is 18.9. The number of benzene rings is 1. The summed E-state index contributed by atoms with van der Waals surface area (Å²) in [6.07, 6.45) is -2.83. The van der Waals surface area contributed by atoms with Crippen LogP contribution in [-0.4, -0.2) is 76.1 Å². The second-order valence-electron chi connectivity index (χ2n) is 8.72. The lowest BCUT2D eigenvalue weighted by Crippen LogP contribution is -2.49. The number of hydrogen-bond acceptors (Lipinski definition) is 9. The van der Waals surface area contributed by atoms with Gasteiger partial charge in [0.1, 0.15) is 0 Å². The Morgan fingerprint density at radius 3 is 2.30 bits per heavy atom. The van der Waals surface area contributed by atoms with Crippen LogP contribution in [-0.2, 0) is 9.47 Å². The lowest BCUT2D eigenvalue weighted by molar-refractivity contribution is -0.0281. The third-order valence-corrected chi connectivity index (χ3v) is 5.70. The summed E-state index contributed by atoms with van der Waals surface area (Å²) in [7, 11) is 0. The van der Waals surface area contributed by atoms with Crippen molar-refractivity contribution in [2.24, 2.45) is 0 Å². The molecule has 3 aromatic rings. The maximum Gasteiger partial charge on any atom is 0.296 e. The molecule has 33 heavy (non-hydrogen) atoms. The largest absolute Gasteiger partial charge is 0.399 e. The Hall–Kier alpha value is -3.12. The second kappa shape index (κ2) is 8.34. The van der Waals surface area contributed by atoms with Crippen LogP contribution in [0.4, 0.5) is 26.4 Å². The number of anilines is 3. The van der Waals surface area contributed by atoms with Gasteiger partial charge >= 0.3 is 0 Å². The molecule has 2 N–H and O–H groups in total. The zero-order valence-corrected chi connectivity index (χ0v) is 18.5. The Morgan fingerprint density at radius 1 is 0.939 bits per heavy atom. The van der Waals surface area contributed by atoms with Gasteiger partial charge in [-0.25, -0.2) is 13.8 Å². The van der Waals surface area contributed by atoms with Gasteiger partial charge in [0.05, 0.1) is 36.5 Å². The van der Waals surface area contributed by atoms with Crippen LogP contribution in [0.15, 0.2) is 18.2 Å². The third-order valence-electron chi connectivity index (χ3n) is 5.70. The summed E-state index contributed by atoms with van der Waals surface area (Å²) < 4.78 is 40.6. The lowest BCUT2D eigenvalue weighted by Gasteiger charge is -2.38. The van der Waals surface area contributed by atoms with E-state index in [1.807, 2.05) is 23.6 Å². The molecule has 0 bridgehead atoms. The zero-order chi connectivity index (χ0) is 23.2. The lowest BCUT2D eigenvalue weighted by atomic mass is 10.1. The van der Waals surface area contributed by atoms with Crippen LogP contribution in [0.5, 0.6) is 0 Å². The Balaban J connectivity index is 1.68. The van der Waals surface area contributed by atoms with Crippen LogP contribution in [0, 0.1) is 0 Å². The zero-order valence-electron chi connectivity index (χ0n) is 18.5. The fraction of sp³-hybridized carbons (Fsp3) is 0.524. The molecule has 2 aromatic heterocycles. The molecule has 0 spiro atoms. The number of nitrogen functional groups attached to an aromatic ring is 1. The van der Waals surface area contributed by atoms with E-state index in [9.17, 15) is 8.78 Å². The molecule has 10 nitrogen and oxygen atoms in total. The predicted octanol–water partition coefficient (Wildman–Crippen LogP) is 2.18. The first-order chi connectivity index (χ1) is 15.8. The maximum absolute atomic E-state index is 14.0. The summed E-state index contributed by atoms with van der Waals surface area (Å²) in [6.45, 7) is 7.88. The maximum atomic E-state index is 14.0. The van der Waals surface area contributed by atoms with Crippen LogP contribution in [0.3, 0.4) is 0 Å². The molecule has 0 saturated carbocycles. The highest BCUT2D eigenvalue weighted by Gasteiger charge is 2.31. The van der Waals surface area contributed by atoms with E-state index in [4.69, 9.17) is 20.2 Å². The minimum Gasteiger partial charge on any atom is -0.399 e. The first kappa shape index (κ1) is 21.7. The Morgan fingerprint density at radius 2 is 1.61 bits per heavy atom. The first-order valence-corrected chi connectivity index (χ1v) is 10.8. The van der Waals surface area contributed by atoms with Gasteiger partial charge in [-0.05, 0) is 32.0 Å². The number of alkyl halides is 2. The number of morpholine rings is 2. The summed E-state index contributed by atoms with van der Waals surface area (Å²) >= 11 is 0. The van der Waals surface area contributed by atoms with Gasteiger partial charge in [0.25, 0.3) is 6.43 Å². The van der Waals surface area contributed by atoms with E-state index in [1.165, 1.54) is 4.57 Å². The molecule has 5 rings (SSSR count). The highest BCUT2D eigenvalue weighted by molar-refractivity contribution is 5.81. The molecule has 0 amide bonds. The van der Waals surface area contributed by atoms with E-state index in [2.05, 4.69) is 15.0 Å². The predicted molar refractivity (Wildman–Crippen MR) is 119 cm³/mol. The van der Waals surface area contributed by atoms with E-state index < -0.39 is 17.9 Å². The molecular formula is C21H26F2N8O2. The number of fused-ring (bicyclic) bond motifs is 1. The first-order valence-electron chi connectivity index (χ1n) is 10.8. The van der Waals surface area contributed by atoms with Crippen LogP contribution in [0.2, 0.25) is 0 Å². The van der Waals surface area contributed by atoms with Crippen LogP contribution < -0.4 is 15.5 Å². The van der Waals surface area contributed by atoms with Crippen molar-refractivity contribution in [1.82, 2.24) is 24.5 Å². The Labute approximate surface area is 189 Å². The van der Waals surface area contributed by atoms with Gasteiger partial charge < -0.3 is 25.0 Å². The molecule has 12 heteroatoms. The molecule has 0 aliphatic carbocycles. The van der Waals surface area contributed by atoms with Crippen molar-refractivity contribution in [3.8, 4) is 5.95 Å². The van der Waals surface area contributed by atoms with E-state index in [0.29, 0.717) is 74.6 Å². The minimum absolute atomic E-state index is 0.0780. The summed E-state index contributed by atoms with van der Waals surface area (Å²) in [6, 6.07) is 4.84. The highest BCUT2D eigenvalue weighted by Crippen LogP contribution is 2.30. The smallest absolute Gasteiger partial charge is 0.296 e. The van der Waals surface area contributed by atoms with Gasteiger partial charge in [-0.1, -0.05) is 0 Å². The second-order valence-corrected chi connectivity index (χ2v) is 8.72. The number of rotatable bonds is 4.